The average molecular weight is 212 g/mol. The van der Waals surface area contributed by atoms with Gasteiger partial charge in [0.1, 0.15) is 0 Å². The van der Waals surface area contributed by atoms with Crippen molar-refractivity contribution in [1.82, 2.24) is 5.32 Å². The number of carbonyl (C=O) groups excluding carboxylic acids is 1. The van der Waals surface area contributed by atoms with Gasteiger partial charge in [0.2, 0.25) is 5.91 Å². The van der Waals surface area contributed by atoms with Crippen LogP contribution in [0.15, 0.2) is 0 Å². The maximum atomic E-state index is 11.8. The summed E-state index contributed by atoms with van der Waals surface area (Å²) >= 11 is 0. The van der Waals surface area contributed by atoms with Crippen molar-refractivity contribution >= 4 is 5.91 Å². The molecule has 3 heteroatoms. The molecule has 0 unspecified atom stereocenters. The zero-order valence-electron chi connectivity index (χ0n) is 10.0. The van der Waals surface area contributed by atoms with Gasteiger partial charge >= 0.3 is 0 Å². The molecule has 1 amide bonds. The summed E-state index contributed by atoms with van der Waals surface area (Å²) in [4.78, 5) is 11.8. The average Bonchev–Trinajstić information content (AvgIpc) is 2.67. The van der Waals surface area contributed by atoms with Gasteiger partial charge in [-0.2, -0.15) is 0 Å². The highest BCUT2D eigenvalue weighted by Crippen LogP contribution is 2.25. The molecule has 0 aromatic heterocycles. The predicted octanol–water partition coefficient (Wildman–Crippen LogP) is 1.67. The molecule has 0 heterocycles. The Labute approximate surface area is 92.8 Å². The van der Waals surface area contributed by atoms with Crippen LogP contribution in [0.4, 0.5) is 0 Å². The Bertz CT molecular complexity index is 208. The van der Waals surface area contributed by atoms with Crippen LogP contribution in [0.1, 0.15) is 46.0 Å². The second-order valence-corrected chi connectivity index (χ2v) is 5.40. The van der Waals surface area contributed by atoms with Crippen molar-refractivity contribution in [3.8, 4) is 0 Å². The quantitative estimate of drug-likeness (QED) is 0.728. The summed E-state index contributed by atoms with van der Waals surface area (Å²) in [5.74, 6) is 0.524. The van der Waals surface area contributed by atoms with Crippen molar-refractivity contribution in [2.45, 2.75) is 46.0 Å². The molecular formula is C12H24N2O. The summed E-state index contributed by atoms with van der Waals surface area (Å²) in [6.45, 7) is 5.73. The van der Waals surface area contributed by atoms with E-state index in [9.17, 15) is 4.79 Å². The van der Waals surface area contributed by atoms with Crippen molar-refractivity contribution in [2.75, 3.05) is 13.1 Å². The Morgan fingerprint density at radius 1 is 1.40 bits per heavy atom. The lowest BCUT2D eigenvalue weighted by Gasteiger charge is -2.25. The van der Waals surface area contributed by atoms with Crippen LogP contribution in [-0.2, 0) is 4.79 Å². The lowest BCUT2D eigenvalue weighted by atomic mass is 9.89. The van der Waals surface area contributed by atoms with Crippen LogP contribution < -0.4 is 11.1 Å². The first-order chi connectivity index (χ1) is 7.05. The molecule has 0 atom stereocenters. The van der Waals surface area contributed by atoms with Gasteiger partial charge in [-0.15, -0.1) is 0 Å². The molecule has 1 rings (SSSR count). The number of hydrogen-bond acceptors (Lipinski definition) is 2. The molecule has 3 nitrogen and oxygen atoms in total. The second kappa shape index (κ2) is 5.50. The molecule has 0 aromatic carbocycles. The van der Waals surface area contributed by atoms with E-state index in [2.05, 4.69) is 19.2 Å². The first-order valence-electron chi connectivity index (χ1n) is 6.03. The number of nitrogens with one attached hydrogen (secondary N) is 1. The van der Waals surface area contributed by atoms with Crippen molar-refractivity contribution in [1.29, 1.82) is 0 Å². The van der Waals surface area contributed by atoms with Gasteiger partial charge in [-0.3, -0.25) is 4.79 Å². The molecule has 88 valence electrons. The fourth-order valence-corrected chi connectivity index (χ4v) is 2.14. The van der Waals surface area contributed by atoms with E-state index in [4.69, 9.17) is 5.73 Å². The lowest BCUT2D eigenvalue weighted by Crippen LogP contribution is -2.37. The third-order valence-corrected chi connectivity index (χ3v) is 3.29. The highest BCUT2D eigenvalue weighted by atomic mass is 16.1. The molecular weight excluding hydrogens is 188 g/mol. The molecule has 0 aliphatic heterocycles. The SMILES string of the molecule is CC(C)(CCN)CNC(=O)C1CCCC1. The summed E-state index contributed by atoms with van der Waals surface area (Å²) in [7, 11) is 0. The number of amides is 1. The van der Waals surface area contributed by atoms with Crippen LogP contribution in [0.3, 0.4) is 0 Å². The molecule has 15 heavy (non-hydrogen) atoms. The fraction of sp³-hybridized carbons (Fsp3) is 0.917. The minimum atomic E-state index is 0.128. The van der Waals surface area contributed by atoms with E-state index in [1.54, 1.807) is 0 Å². The molecule has 1 aliphatic rings. The van der Waals surface area contributed by atoms with Gasteiger partial charge in [0.15, 0.2) is 0 Å². The van der Waals surface area contributed by atoms with Gasteiger partial charge < -0.3 is 11.1 Å². The Morgan fingerprint density at radius 3 is 2.53 bits per heavy atom. The first kappa shape index (κ1) is 12.5. The number of rotatable bonds is 5. The van der Waals surface area contributed by atoms with E-state index in [-0.39, 0.29) is 17.2 Å². The molecule has 0 saturated heterocycles. The maximum absolute atomic E-state index is 11.8. The topological polar surface area (TPSA) is 55.1 Å². The van der Waals surface area contributed by atoms with Gasteiger partial charge in [-0.05, 0) is 31.2 Å². The number of nitrogens with two attached hydrogens (primary N) is 1. The summed E-state index contributed by atoms with van der Waals surface area (Å²) in [5, 5.41) is 3.06. The van der Waals surface area contributed by atoms with Gasteiger partial charge in [0, 0.05) is 12.5 Å². The van der Waals surface area contributed by atoms with Crippen LogP contribution in [0.25, 0.3) is 0 Å². The zero-order chi connectivity index (χ0) is 11.3. The summed E-state index contributed by atoms with van der Waals surface area (Å²) in [5.41, 5.74) is 5.66. The van der Waals surface area contributed by atoms with Gasteiger partial charge in [0.25, 0.3) is 0 Å². The van der Waals surface area contributed by atoms with Gasteiger partial charge in [0.05, 0.1) is 0 Å². The molecule has 3 N–H and O–H groups in total. The first-order valence-corrected chi connectivity index (χ1v) is 6.03. The Balaban J connectivity index is 2.26. The third-order valence-electron chi connectivity index (χ3n) is 3.29. The van der Waals surface area contributed by atoms with Gasteiger partial charge in [-0.1, -0.05) is 26.7 Å². The van der Waals surface area contributed by atoms with Crippen LogP contribution in [0.5, 0.6) is 0 Å². The highest BCUT2D eigenvalue weighted by molar-refractivity contribution is 5.78. The molecule has 0 radical (unpaired) electrons. The third kappa shape index (κ3) is 4.20. The molecule has 0 bridgehead atoms. The van der Waals surface area contributed by atoms with Crippen LogP contribution in [0, 0.1) is 11.3 Å². The van der Waals surface area contributed by atoms with E-state index in [0.717, 1.165) is 25.8 Å². The standard InChI is InChI=1S/C12H24N2O/c1-12(2,7-8-13)9-14-11(15)10-5-3-4-6-10/h10H,3-9,13H2,1-2H3,(H,14,15). The minimum absolute atomic E-state index is 0.128. The molecule has 0 spiro atoms. The van der Waals surface area contributed by atoms with Crippen molar-refractivity contribution in [2.24, 2.45) is 17.1 Å². The largest absolute Gasteiger partial charge is 0.355 e. The normalized spacial score (nSPS) is 18.1. The van der Waals surface area contributed by atoms with E-state index in [1.807, 2.05) is 0 Å². The van der Waals surface area contributed by atoms with E-state index >= 15 is 0 Å². The van der Waals surface area contributed by atoms with Crippen molar-refractivity contribution < 1.29 is 4.79 Å². The summed E-state index contributed by atoms with van der Waals surface area (Å²) in [6.07, 6.45) is 5.53. The Kier molecular flexibility index (Phi) is 4.58. The lowest BCUT2D eigenvalue weighted by molar-refractivity contribution is -0.125. The Morgan fingerprint density at radius 2 is 2.00 bits per heavy atom. The van der Waals surface area contributed by atoms with E-state index in [1.165, 1.54) is 12.8 Å². The van der Waals surface area contributed by atoms with Crippen LogP contribution >= 0.6 is 0 Å². The van der Waals surface area contributed by atoms with Crippen LogP contribution in [-0.4, -0.2) is 19.0 Å². The molecule has 0 aromatic rings. The molecule has 1 saturated carbocycles. The van der Waals surface area contributed by atoms with E-state index < -0.39 is 0 Å². The van der Waals surface area contributed by atoms with E-state index in [0.29, 0.717) is 6.54 Å². The molecule has 1 fully saturated rings. The zero-order valence-corrected chi connectivity index (χ0v) is 10.0. The van der Waals surface area contributed by atoms with Crippen LogP contribution in [0.2, 0.25) is 0 Å². The monoisotopic (exact) mass is 212 g/mol. The van der Waals surface area contributed by atoms with Crippen molar-refractivity contribution in [3.63, 3.8) is 0 Å². The maximum Gasteiger partial charge on any atom is 0.223 e. The predicted molar refractivity (Wildman–Crippen MR) is 62.4 cm³/mol. The number of carbonyl (C=O) groups is 1. The molecule has 1 aliphatic carbocycles. The summed E-state index contributed by atoms with van der Waals surface area (Å²) in [6, 6.07) is 0. The number of hydrogen-bond donors (Lipinski definition) is 2. The Hall–Kier alpha value is -0.570. The fourth-order valence-electron chi connectivity index (χ4n) is 2.14. The highest BCUT2D eigenvalue weighted by Gasteiger charge is 2.24. The summed E-state index contributed by atoms with van der Waals surface area (Å²) < 4.78 is 0. The smallest absolute Gasteiger partial charge is 0.223 e. The van der Waals surface area contributed by atoms with Gasteiger partial charge in [-0.25, -0.2) is 0 Å². The minimum Gasteiger partial charge on any atom is -0.355 e. The van der Waals surface area contributed by atoms with Crippen molar-refractivity contribution in [3.05, 3.63) is 0 Å². The second-order valence-electron chi connectivity index (χ2n) is 5.40.